The van der Waals surface area contributed by atoms with Crippen LogP contribution in [0.2, 0.25) is 0 Å². The molecule has 0 aliphatic heterocycles. The zero-order valence-corrected chi connectivity index (χ0v) is 7.86. The Morgan fingerprint density at radius 2 is 2.29 bits per heavy atom. The first kappa shape index (κ1) is 10.1. The highest BCUT2D eigenvalue weighted by Crippen LogP contribution is 2.11. The van der Waals surface area contributed by atoms with Crippen LogP contribution in [0.1, 0.15) is 0 Å². The molecule has 0 saturated heterocycles. The predicted octanol–water partition coefficient (Wildman–Crippen LogP) is -0.398. The summed E-state index contributed by atoms with van der Waals surface area (Å²) >= 11 is 0. The Balaban J connectivity index is 3.44. The molecule has 0 aliphatic rings. The Kier molecular flexibility index (Phi) is 2.76. The number of hydrogen-bond donors (Lipinski definition) is 2. The first-order valence-corrected chi connectivity index (χ1v) is 3.92. The third-order valence-corrected chi connectivity index (χ3v) is 1.69. The standard InChI is InChI=1S/C8H12N4O2/c1-3-4-12-7(13)5(9)6(10)11-8(12)14-2/h3H,1,4,9-10H2,2H3. The van der Waals surface area contributed by atoms with Gasteiger partial charge in [0, 0.05) is 6.54 Å². The van der Waals surface area contributed by atoms with E-state index in [0.29, 0.717) is 0 Å². The number of methoxy groups -OCH3 is 1. The number of nitrogen functional groups attached to an aromatic ring is 2. The topological polar surface area (TPSA) is 96.2 Å². The van der Waals surface area contributed by atoms with Gasteiger partial charge in [0.1, 0.15) is 5.69 Å². The van der Waals surface area contributed by atoms with Gasteiger partial charge in [-0.2, -0.15) is 4.98 Å². The summed E-state index contributed by atoms with van der Waals surface area (Å²) in [5.74, 6) is -0.0211. The van der Waals surface area contributed by atoms with Gasteiger partial charge in [0.2, 0.25) is 0 Å². The summed E-state index contributed by atoms with van der Waals surface area (Å²) in [6.07, 6.45) is 1.54. The summed E-state index contributed by atoms with van der Waals surface area (Å²) in [5, 5.41) is 0. The molecule has 6 nitrogen and oxygen atoms in total. The zero-order chi connectivity index (χ0) is 10.7. The maximum absolute atomic E-state index is 11.5. The van der Waals surface area contributed by atoms with Gasteiger partial charge in [-0.25, -0.2) is 0 Å². The van der Waals surface area contributed by atoms with Gasteiger partial charge < -0.3 is 16.2 Å². The minimum absolute atomic E-state index is 0.0211. The molecule has 76 valence electrons. The monoisotopic (exact) mass is 196 g/mol. The second-order valence-corrected chi connectivity index (χ2v) is 2.60. The molecule has 4 N–H and O–H groups in total. The molecule has 1 aromatic rings. The molecule has 1 aromatic heterocycles. The molecule has 1 heterocycles. The normalized spacial score (nSPS) is 9.79. The fraction of sp³-hybridized carbons (Fsp3) is 0.250. The fourth-order valence-electron chi connectivity index (χ4n) is 1.01. The van der Waals surface area contributed by atoms with E-state index >= 15 is 0 Å². The van der Waals surface area contributed by atoms with E-state index in [-0.39, 0.29) is 24.1 Å². The van der Waals surface area contributed by atoms with Gasteiger partial charge in [0.15, 0.2) is 5.82 Å². The Morgan fingerprint density at radius 1 is 1.64 bits per heavy atom. The number of aromatic nitrogens is 2. The number of nitrogens with zero attached hydrogens (tertiary/aromatic N) is 2. The molecule has 0 unspecified atom stereocenters. The maximum atomic E-state index is 11.5. The molecule has 0 aliphatic carbocycles. The zero-order valence-electron chi connectivity index (χ0n) is 7.86. The van der Waals surface area contributed by atoms with E-state index in [2.05, 4.69) is 11.6 Å². The molecule has 0 radical (unpaired) electrons. The van der Waals surface area contributed by atoms with Crippen LogP contribution < -0.4 is 21.8 Å². The van der Waals surface area contributed by atoms with Crippen LogP contribution in [-0.4, -0.2) is 16.7 Å². The number of nitrogens with two attached hydrogens (primary N) is 2. The van der Waals surface area contributed by atoms with E-state index in [0.717, 1.165) is 0 Å². The van der Waals surface area contributed by atoms with Gasteiger partial charge in [0.25, 0.3) is 5.56 Å². The number of allylic oxidation sites excluding steroid dienone is 1. The van der Waals surface area contributed by atoms with Gasteiger partial charge in [-0.1, -0.05) is 6.08 Å². The first-order valence-electron chi connectivity index (χ1n) is 3.92. The second kappa shape index (κ2) is 3.82. The van der Waals surface area contributed by atoms with Crippen LogP contribution >= 0.6 is 0 Å². The summed E-state index contributed by atoms with van der Waals surface area (Å²) in [6.45, 7) is 3.79. The number of ether oxygens (including phenoxy) is 1. The number of rotatable bonds is 3. The van der Waals surface area contributed by atoms with Crippen molar-refractivity contribution in [1.29, 1.82) is 0 Å². The van der Waals surface area contributed by atoms with Gasteiger partial charge in [-0.3, -0.25) is 9.36 Å². The first-order chi connectivity index (χ1) is 6.61. The third-order valence-electron chi connectivity index (χ3n) is 1.69. The van der Waals surface area contributed by atoms with Crippen molar-refractivity contribution in [1.82, 2.24) is 9.55 Å². The van der Waals surface area contributed by atoms with E-state index < -0.39 is 5.56 Å². The summed E-state index contributed by atoms with van der Waals surface area (Å²) in [4.78, 5) is 15.4. The van der Waals surface area contributed by atoms with Gasteiger partial charge in [-0.15, -0.1) is 6.58 Å². The molecule has 14 heavy (non-hydrogen) atoms. The van der Waals surface area contributed by atoms with Gasteiger partial charge in [0.05, 0.1) is 7.11 Å². The van der Waals surface area contributed by atoms with E-state index in [1.807, 2.05) is 0 Å². The van der Waals surface area contributed by atoms with Crippen LogP contribution in [0.4, 0.5) is 11.5 Å². The van der Waals surface area contributed by atoms with Crippen LogP contribution in [0.25, 0.3) is 0 Å². The number of hydrogen-bond acceptors (Lipinski definition) is 5. The predicted molar refractivity (Wildman–Crippen MR) is 54.1 cm³/mol. The van der Waals surface area contributed by atoms with Crippen LogP contribution in [0.15, 0.2) is 17.4 Å². The average Bonchev–Trinajstić information content (AvgIpc) is 2.19. The molecular formula is C8H12N4O2. The van der Waals surface area contributed by atoms with Crippen molar-refractivity contribution in [2.75, 3.05) is 18.6 Å². The van der Waals surface area contributed by atoms with Crippen molar-refractivity contribution in [2.24, 2.45) is 0 Å². The molecule has 0 fully saturated rings. The third kappa shape index (κ3) is 1.54. The van der Waals surface area contributed by atoms with Crippen LogP contribution in [0, 0.1) is 0 Å². The molecule has 1 rings (SSSR count). The summed E-state index contributed by atoms with van der Waals surface area (Å²) < 4.78 is 6.13. The van der Waals surface area contributed by atoms with Crippen LogP contribution in [0.3, 0.4) is 0 Å². The Morgan fingerprint density at radius 3 is 2.79 bits per heavy atom. The molecule has 0 aromatic carbocycles. The second-order valence-electron chi connectivity index (χ2n) is 2.60. The molecule has 0 spiro atoms. The molecule has 0 amide bonds. The summed E-state index contributed by atoms with van der Waals surface area (Å²) in [5.41, 5.74) is 10.3. The minimum atomic E-state index is -0.422. The summed E-state index contributed by atoms with van der Waals surface area (Å²) in [6, 6.07) is 0.126. The SMILES string of the molecule is C=CCn1c(OC)nc(N)c(N)c1=O. The smallest absolute Gasteiger partial charge is 0.301 e. The number of anilines is 2. The van der Waals surface area contributed by atoms with Crippen molar-refractivity contribution < 1.29 is 4.74 Å². The van der Waals surface area contributed by atoms with Gasteiger partial charge >= 0.3 is 6.01 Å². The van der Waals surface area contributed by atoms with Crippen molar-refractivity contribution in [3.8, 4) is 6.01 Å². The molecule has 0 bridgehead atoms. The van der Waals surface area contributed by atoms with E-state index in [1.54, 1.807) is 6.08 Å². The van der Waals surface area contributed by atoms with Crippen LogP contribution in [-0.2, 0) is 6.54 Å². The maximum Gasteiger partial charge on any atom is 0.301 e. The van der Waals surface area contributed by atoms with Crippen LogP contribution in [0.5, 0.6) is 6.01 Å². The Bertz CT molecular complexity index is 411. The minimum Gasteiger partial charge on any atom is -0.468 e. The van der Waals surface area contributed by atoms with Crippen molar-refractivity contribution in [3.63, 3.8) is 0 Å². The fourth-order valence-corrected chi connectivity index (χ4v) is 1.01. The lowest BCUT2D eigenvalue weighted by atomic mass is 10.4. The van der Waals surface area contributed by atoms with Crippen molar-refractivity contribution in [3.05, 3.63) is 23.0 Å². The largest absolute Gasteiger partial charge is 0.468 e. The van der Waals surface area contributed by atoms with E-state index in [4.69, 9.17) is 16.2 Å². The highest BCUT2D eigenvalue weighted by atomic mass is 16.5. The van der Waals surface area contributed by atoms with E-state index in [9.17, 15) is 4.79 Å². The highest BCUT2D eigenvalue weighted by Gasteiger charge is 2.11. The molecular weight excluding hydrogens is 184 g/mol. The van der Waals surface area contributed by atoms with Gasteiger partial charge in [-0.05, 0) is 0 Å². The van der Waals surface area contributed by atoms with Crippen molar-refractivity contribution in [2.45, 2.75) is 6.54 Å². The quantitative estimate of drug-likeness (QED) is 0.641. The lowest BCUT2D eigenvalue weighted by Crippen LogP contribution is -2.26. The summed E-state index contributed by atoms with van der Waals surface area (Å²) in [7, 11) is 1.40. The van der Waals surface area contributed by atoms with Crippen molar-refractivity contribution >= 4 is 11.5 Å². The lowest BCUT2D eigenvalue weighted by molar-refractivity contribution is 0.353. The van der Waals surface area contributed by atoms with E-state index in [1.165, 1.54) is 11.7 Å². The molecule has 0 saturated carbocycles. The Hall–Kier alpha value is -1.98. The lowest BCUT2D eigenvalue weighted by Gasteiger charge is -2.10. The average molecular weight is 196 g/mol. The highest BCUT2D eigenvalue weighted by molar-refractivity contribution is 5.56. The molecule has 6 heteroatoms. The Labute approximate surface area is 80.8 Å². The molecule has 0 atom stereocenters.